The maximum Gasteiger partial charge on any atom is 0.320 e. The lowest BCUT2D eigenvalue weighted by atomic mass is 9.72. The van der Waals surface area contributed by atoms with Crippen molar-refractivity contribution in [1.29, 1.82) is 0 Å². The van der Waals surface area contributed by atoms with Gasteiger partial charge in [0.2, 0.25) is 0 Å². The first-order valence-corrected chi connectivity index (χ1v) is 13.2. The largest absolute Gasteiger partial charge is 0.385 e. The zero-order valence-corrected chi connectivity index (χ0v) is 21.4. The molecule has 2 aliphatic heterocycles. The van der Waals surface area contributed by atoms with E-state index in [1.165, 1.54) is 0 Å². The molecule has 0 bridgehead atoms. The highest BCUT2D eigenvalue weighted by Crippen LogP contribution is 2.44. The van der Waals surface area contributed by atoms with Crippen LogP contribution in [0.3, 0.4) is 0 Å². The van der Waals surface area contributed by atoms with Crippen LogP contribution in [-0.2, 0) is 10.3 Å². The van der Waals surface area contributed by atoms with Crippen molar-refractivity contribution in [2.45, 2.75) is 50.2 Å². The minimum atomic E-state index is -1.07. The normalized spacial score (nSPS) is 22.3. The molecule has 4 rings (SSSR count). The topological polar surface area (TPSA) is 79.0 Å². The fourth-order valence-corrected chi connectivity index (χ4v) is 5.77. The van der Waals surface area contributed by atoms with Crippen LogP contribution in [0.25, 0.3) is 11.1 Å². The highest BCUT2D eigenvalue weighted by molar-refractivity contribution is 6.30. The fraction of sp³-hybridized carbons (Fsp3) is 0.536. The zero-order valence-electron chi connectivity index (χ0n) is 20.7. The van der Waals surface area contributed by atoms with E-state index in [-0.39, 0.29) is 18.0 Å². The lowest BCUT2D eigenvalue weighted by Gasteiger charge is -2.44. The molecular weight excluding hydrogens is 462 g/mol. The molecule has 35 heavy (non-hydrogen) atoms. The third-order valence-electron chi connectivity index (χ3n) is 7.57. The van der Waals surface area contributed by atoms with Gasteiger partial charge < -0.3 is 25.4 Å². The second-order valence-corrected chi connectivity index (χ2v) is 10.4. The Bertz CT molecular complexity index is 986. The van der Waals surface area contributed by atoms with E-state index >= 15 is 0 Å². The number of benzene rings is 2. The van der Waals surface area contributed by atoms with Gasteiger partial charge in [0.25, 0.3) is 0 Å². The fourth-order valence-electron chi connectivity index (χ4n) is 5.64. The van der Waals surface area contributed by atoms with Crippen molar-refractivity contribution in [3.05, 3.63) is 59.1 Å². The number of urea groups is 1. The molecule has 2 fully saturated rings. The maximum absolute atomic E-state index is 13.3. The number of nitrogens with two attached hydrogens (primary N) is 1. The molecule has 7 heteroatoms. The summed E-state index contributed by atoms with van der Waals surface area (Å²) in [5, 5.41) is 13.2. The summed E-state index contributed by atoms with van der Waals surface area (Å²) in [6.07, 6.45) is 4.93. The molecule has 2 heterocycles. The third kappa shape index (κ3) is 6.00. The molecule has 2 aliphatic rings. The summed E-state index contributed by atoms with van der Waals surface area (Å²) < 4.78 is 5.26. The Kier molecular flexibility index (Phi) is 8.71. The van der Waals surface area contributed by atoms with E-state index in [9.17, 15) is 9.90 Å². The first-order valence-electron chi connectivity index (χ1n) is 12.8. The highest BCUT2D eigenvalue weighted by atomic mass is 35.5. The number of carbonyl (C=O) groups excluding carboxylic acids is 1. The monoisotopic (exact) mass is 499 g/mol. The minimum Gasteiger partial charge on any atom is -0.385 e. The summed E-state index contributed by atoms with van der Waals surface area (Å²) in [6, 6.07) is 16.0. The van der Waals surface area contributed by atoms with Crippen molar-refractivity contribution >= 4 is 17.6 Å². The van der Waals surface area contributed by atoms with E-state index in [2.05, 4.69) is 6.07 Å². The summed E-state index contributed by atoms with van der Waals surface area (Å²) in [4.78, 5) is 17.1. The van der Waals surface area contributed by atoms with Crippen LogP contribution in [0, 0.1) is 5.92 Å². The van der Waals surface area contributed by atoms with Gasteiger partial charge in [0.15, 0.2) is 0 Å². The number of unbranched alkanes of at least 4 members (excludes halogenated alkanes) is 1. The Morgan fingerprint density at radius 3 is 2.54 bits per heavy atom. The molecule has 0 aliphatic carbocycles. The van der Waals surface area contributed by atoms with Crippen LogP contribution in [0.1, 0.15) is 44.1 Å². The third-order valence-corrected chi connectivity index (χ3v) is 7.82. The number of piperidine rings is 1. The van der Waals surface area contributed by atoms with E-state index in [4.69, 9.17) is 22.1 Å². The second kappa shape index (κ2) is 11.7. The number of amides is 2. The minimum absolute atomic E-state index is 0.0513. The summed E-state index contributed by atoms with van der Waals surface area (Å²) in [6.45, 7) is 3.25. The summed E-state index contributed by atoms with van der Waals surface area (Å²) >= 11 is 6.15. The van der Waals surface area contributed by atoms with Gasteiger partial charge in [0.1, 0.15) is 0 Å². The molecule has 2 aromatic carbocycles. The smallest absolute Gasteiger partial charge is 0.320 e. The van der Waals surface area contributed by atoms with Gasteiger partial charge in [-0.2, -0.15) is 0 Å². The molecule has 2 saturated heterocycles. The van der Waals surface area contributed by atoms with E-state index in [0.717, 1.165) is 55.3 Å². The number of nitrogens with zero attached hydrogens (tertiary/aromatic N) is 2. The van der Waals surface area contributed by atoms with Crippen LogP contribution in [0.5, 0.6) is 0 Å². The first-order chi connectivity index (χ1) is 16.9. The van der Waals surface area contributed by atoms with Gasteiger partial charge in [-0.15, -0.1) is 0 Å². The lowest BCUT2D eigenvalue weighted by molar-refractivity contribution is -0.0571. The molecule has 0 saturated carbocycles. The molecule has 0 aromatic heterocycles. The number of likely N-dealkylation sites (tertiary alicyclic amines) is 2. The first kappa shape index (κ1) is 26.0. The maximum atomic E-state index is 13.3. The summed E-state index contributed by atoms with van der Waals surface area (Å²) in [7, 11) is 1.71. The molecule has 0 spiro atoms. The van der Waals surface area contributed by atoms with Crippen LogP contribution in [0.15, 0.2) is 48.5 Å². The van der Waals surface area contributed by atoms with Crippen molar-refractivity contribution in [2.24, 2.45) is 11.7 Å². The second-order valence-electron chi connectivity index (χ2n) is 9.99. The summed E-state index contributed by atoms with van der Waals surface area (Å²) in [5.41, 5.74) is 7.94. The Labute approximate surface area is 214 Å². The Morgan fingerprint density at radius 2 is 1.83 bits per heavy atom. The average Bonchev–Trinajstić information content (AvgIpc) is 3.33. The molecule has 190 valence electrons. The molecule has 0 radical (unpaired) electrons. The Morgan fingerprint density at radius 1 is 1.09 bits per heavy atom. The van der Waals surface area contributed by atoms with Crippen molar-refractivity contribution in [3.63, 3.8) is 0 Å². The van der Waals surface area contributed by atoms with Gasteiger partial charge >= 0.3 is 6.03 Å². The SMILES string of the molecule is COCCCC[C@@](O)(c1ccccc1-c1ccc(Cl)cc1)[C@@H]1CCCN(C(=O)N2CC[C@H](N)C2)C1. The average molecular weight is 500 g/mol. The molecule has 2 aromatic rings. The Balaban J connectivity index is 1.64. The number of carbonyl (C=O) groups is 1. The van der Waals surface area contributed by atoms with Crippen molar-refractivity contribution < 1.29 is 14.6 Å². The van der Waals surface area contributed by atoms with Crippen LogP contribution < -0.4 is 5.73 Å². The number of rotatable bonds is 8. The van der Waals surface area contributed by atoms with E-state index in [1.54, 1.807) is 7.11 Å². The molecule has 2 amide bonds. The van der Waals surface area contributed by atoms with Crippen LogP contribution >= 0.6 is 11.6 Å². The van der Waals surface area contributed by atoms with Gasteiger partial charge in [0, 0.05) is 56.9 Å². The van der Waals surface area contributed by atoms with Gasteiger partial charge in [-0.1, -0.05) is 48.0 Å². The van der Waals surface area contributed by atoms with Crippen molar-refractivity contribution in [3.8, 4) is 11.1 Å². The van der Waals surface area contributed by atoms with E-state index < -0.39 is 5.60 Å². The highest BCUT2D eigenvalue weighted by Gasteiger charge is 2.43. The molecule has 3 N–H and O–H groups in total. The summed E-state index contributed by atoms with van der Waals surface area (Å²) in [5.74, 6) is -0.0625. The molecule has 0 unspecified atom stereocenters. The van der Waals surface area contributed by atoms with E-state index in [0.29, 0.717) is 37.7 Å². The van der Waals surface area contributed by atoms with Crippen molar-refractivity contribution in [2.75, 3.05) is 39.9 Å². The van der Waals surface area contributed by atoms with Gasteiger partial charge in [0.05, 0.1) is 5.60 Å². The van der Waals surface area contributed by atoms with Gasteiger partial charge in [-0.3, -0.25) is 0 Å². The number of hydrogen-bond donors (Lipinski definition) is 2. The molecular formula is C28H38ClN3O3. The van der Waals surface area contributed by atoms with Crippen LogP contribution in [-0.4, -0.2) is 66.9 Å². The standard InChI is InChI=1S/C28H38ClN3O3/c1-35-18-5-4-15-28(34,26-9-3-2-8-25(26)21-10-12-23(29)13-11-21)22-7-6-16-31(19-22)27(33)32-17-14-24(30)20-32/h2-3,8-13,22,24,34H,4-7,14-20,30H2,1H3/t22-,24+,28+/m1/s1. The predicted molar refractivity (Wildman–Crippen MR) is 140 cm³/mol. The van der Waals surface area contributed by atoms with E-state index in [1.807, 2.05) is 52.3 Å². The molecule has 3 atom stereocenters. The quantitative estimate of drug-likeness (QED) is 0.507. The number of halogens is 1. The van der Waals surface area contributed by atoms with Crippen LogP contribution in [0.4, 0.5) is 4.79 Å². The van der Waals surface area contributed by atoms with Gasteiger partial charge in [-0.25, -0.2) is 4.79 Å². The van der Waals surface area contributed by atoms with Gasteiger partial charge in [-0.05, 0) is 67.3 Å². The number of ether oxygens (including phenoxy) is 1. The Hall–Kier alpha value is -2.12. The number of aliphatic hydroxyl groups is 1. The number of methoxy groups -OCH3 is 1. The van der Waals surface area contributed by atoms with Crippen molar-refractivity contribution in [1.82, 2.24) is 9.80 Å². The predicted octanol–water partition coefficient (Wildman–Crippen LogP) is 4.88. The van der Waals surface area contributed by atoms with Crippen LogP contribution in [0.2, 0.25) is 5.02 Å². The zero-order chi connectivity index (χ0) is 24.8. The lowest BCUT2D eigenvalue weighted by Crippen LogP contribution is -2.51. The molecule has 6 nitrogen and oxygen atoms in total. The number of hydrogen-bond acceptors (Lipinski definition) is 4.